The molecule has 0 saturated heterocycles. The lowest BCUT2D eigenvalue weighted by Gasteiger charge is -2.38. The molecule has 190 valence electrons. The molecule has 9 heteroatoms. The molecule has 0 unspecified atom stereocenters. The van der Waals surface area contributed by atoms with Crippen LogP contribution in [0.2, 0.25) is 5.02 Å². The number of hydrogen-bond donors (Lipinski definition) is 1. The number of anilines is 1. The first kappa shape index (κ1) is 26.0. The van der Waals surface area contributed by atoms with Crippen molar-refractivity contribution in [1.29, 1.82) is 0 Å². The van der Waals surface area contributed by atoms with Crippen molar-refractivity contribution in [2.24, 2.45) is 0 Å². The van der Waals surface area contributed by atoms with E-state index in [0.29, 0.717) is 29.4 Å². The van der Waals surface area contributed by atoms with Crippen LogP contribution in [0.4, 0.5) is 14.9 Å². The van der Waals surface area contributed by atoms with Crippen LogP contribution in [0.3, 0.4) is 0 Å². The average molecular weight is 530 g/mol. The Balaban J connectivity index is 1.51. The molecular weight excluding hydrogens is 501 g/mol. The second-order valence-electron chi connectivity index (χ2n) is 8.75. The number of rotatable bonds is 8. The van der Waals surface area contributed by atoms with Crippen LogP contribution >= 0.6 is 22.9 Å². The molecule has 2 atom stereocenters. The first-order valence-corrected chi connectivity index (χ1v) is 13.2. The van der Waals surface area contributed by atoms with Crippen LogP contribution < -0.4 is 10.1 Å². The number of benzene rings is 2. The smallest absolute Gasteiger partial charge is 0.322 e. The molecular formula is C27H29ClFN3O3S. The highest BCUT2D eigenvalue weighted by Crippen LogP contribution is 2.34. The van der Waals surface area contributed by atoms with Crippen molar-refractivity contribution in [3.05, 3.63) is 81.3 Å². The first-order chi connectivity index (χ1) is 17.4. The van der Waals surface area contributed by atoms with Gasteiger partial charge in [0.25, 0.3) is 0 Å². The third kappa shape index (κ3) is 6.17. The molecule has 0 radical (unpaired) electrons. The SMILES string of the molecule is CC[C@@H](C)N(CC(=O)N1CCc2sccc2[C@H]1COc1cccc(F)c1)C(=O)Nc1cccc(Cl)c1. The van der Waals surface area contributed by atoms with Crippen LogP contribution in [-0.4, -0.2) is 47.5 Å². The number of carbonyl (C=O) groups is 2. The predicted molar refractivity (Wildman–Crippen MR) is 141 cm³/mol. The normalized spacial score (nSPS) is 15.7. The molecule has 0 bridgehead atoms. The summed E-state index contributed by atoms with van der Waals surface area (Å²) < 4.78 is 19.5. The maximum atomic E-state index is 13.6. The van der Waals surface area contributed by atoms with E-state index in [1.54, 1.807) is 57.5 Å². The highest BCUT2D eigenvalue weighted by atomic mass is 35.5. The quantitative estimate of drug-likeness (QED) is 0.368. The highest BCUT2D eigenvalue weighted by Gasteiger charge is 2.34. The molecule has 0 saturated carbocycles. The van der Waals surface area contributed by atoms with Crippen LogP contribution in [0, 0.1) is 5.82 Å². The Morgan fingerprint density at radius 3 is 2.81 bits per heavy atom. The van der Waals surface area contributed by atoms with Gasteiger partial charge in [-0.25, -0.2) is 9.18 Å². The van der Waals surface area contributed by atoms with Crippen LogP contribution in [0.25, 0.3) is 0 Å². The number of halogens is 2. The number of fused-ring (bicyclic) bond motifs is 1. The molecule has 0 fully saturated rings. The van der Waals surface area contributed by atoms with Crippen LogP contribution in [0.15, 0.2) is 60.0 Å². The molecule has 0 spiro atoms. The minimum Gasteiger partial charge on any atom is -0.491 e. The Morgan fingerprint density at radius 2 is 2.06 bits per heavy atom. The van der Waals surface area contributed by atoms with Gasteiger partial charge in [-0.15, -0.1) is 11.3 Å². The number of carbonyl (C=O) groups excluding carboxylic acids is 2. The number of thiophene rings is 1. The molecule has 2 aromatic carbocycles. The van der Waals surface area contributed by atoms with E-state index in [1.165, 1.54) is 17.0 Å². The number of urea groups is 1. The van der Waals surface area contributed by atoms with Gasteiger partial charge in [0, 0.05) is 34.2 Å². The molecule has 0 aliphatic carbocycles. The van der Waals surface area contributed by atoms with Crippen LogP contribution in [0.5, 0.6) is 5.75 Å². The predicted octanol–water partition coefficient (Wildman–Crippen LogP) is 6.38. The van der Waals surface area contributed by atoms with E-state index in [4.69, 9.17) is 16.3 Å². The number of amides is 3. The molecule has 3 aromatic rings. The summed E-state index contributed by atoms with van der Waals surface area (Å²) in [5, 5.41) is 5.38. The molecule has 4 rings (SSSR count). The average Bonchev–Trinajstić information content (AvgIpc) is 3.34. The maximum Gasteiger partial charge on any atom is 0.322 e. The largest absolute Gasteiger partial charge is 0.491 e. The lowest BCUT2D eigenvalue weighted by atomic mass is 10.00. The van der Waals surface area contributed by atoms with E-state index < -0.39 is 0 Å². The standard InChI is InChI=1S/C27H29ClFN3O3S/c1-3-18(2)32(27(34)30-21-8-4-6-19(28)14-21)16-26(33)31-12-10-25-23(11-13-36-25)24(31)17-35-22-9-5-7-20(29)15-22/h4-9,11,13-15,18,24H,3,10,12,16-17H2,1-2H3,(H,30,34)/t18-,24-/m1/s1. The van der Waals surface area contributed by atoms with Gasteiger partial charge in [-0.2, -0.15) is 0 Å². The minimum atomic E-state index is -0.379. The number of nitrogens with zero attached hydrogens (tertiary/aromatic N) is 2. The third-order valence-corrected chi connectivity index (χ3v) is 7.62. The van der Waals surface area contributed by atoms with E-state index in [0.717, 1.165) is 12.0 Å². The molecule has 1 N–H and O–H groups in total. The number of hydrogen-bond acceptors (Lipinski definition) is 4. The van der Waals surface area contributed by atoms with E-state index in [9.17, 15) is 14.0 Å². The molecule has 3 amide bonds. The minimum absolute atomic E-state index is 0.0721. The Labute approximate surface area is 219 Å². The van der Waals surface area contributed by atoms with Gasteiger partial charge in [-0.05, 0) is 67.1 Å². The van der Waals surface area contributed by atoms with E-state index in [-0.39, 0.29) is 43.0 Å². The Kier molecular flexibility index (Phi) is 8.48. The summed E-state index contributed by atoms with van der Waals surface area (Å²) in [4.78, 5) is 31.3. The second-order valence-corrected chi connectivity index (χ2v) is 10.2. The molecule has 1 aliphatic rings. The summed E-state index contributed by atoms with van der Waals surface area (Å²) in [5.41, 5.74) is 1.60. The van der Waals surface area contributed by atoms with Crippen LogP contribution in [0.1, 0.15) is 36.8 Å². The zero-order valence-corrected chi connectivity index (χ0v) is 21.8. The van der Waals surface area contributed by atoms with E-state index in [1.807, 2.05) is 25.3 Å². The van der Waals surface area contributed by atoms with Crippen molar-refractivity contribution in [3.8, 4) is 5.75 Å². The molecule has 1 aliphatic heterocycles. The molecule has 2 heterocycles. The fourth-order valence-corrected chi connectivity index (χ4v) is 5.37. The molecule has 6 nitrogen and oxygen atoms in total. The van der Waals surface area contributed by atoms with Gasteiger partial charge in [-0.3, -0.25) is 4.79 Å². The lowest BCUT2D eigenvalue weighted by molar-refractivity contribution is -0.135. The summed E-state index contributed by atoms with van der Waals surface area (Å²) in [6.07, 6.45) is 1.43. The van der Waals surface area contributed by atoms with Crippen molar-refractivity contribution in [2.75, 3.05) is 25.0 Å². The van der Waals surface area contributed by atoms with Crippen molar-refractivity contribution in [1.82, 2.24) is 9.80 Å². The summed E-state index contributed by atoms with van der Waals surface area (Å²) in [6.45, 7) is 4.54. The summed E-state index contributed by atoms with van der Waals surface area (Å²) >= 11 is 7.71. The third-order valence-electron chi connectivity index (χ3n) is 6.38. The van der Waals surface area contributed by atoms with Gasteiger partial charge < -0.3 is 19.9 Å². The van der Waals surface area contributed by atoms with Gasteiger partial charge in [0.05, 0.1) is 6.04 Å². The van der Waals surface area contributed by atoms with E-state index >= 15 is 0 Å². The molecule has 1 aromatic heterocycles. The van der Waals surface area contributed by atoms with Crippen LogP contribution in [-0.2, 0) is 11.2 Å². The number of ether oxygens (including phenoxy) is 1. The van der Waals surface area contributed by atoms with E-state index in [2.05, 4.69) is 5.32 Å². The topological polar surface area (TPSA) is 61.9 Å². The van der Waals surface area contributed by atoms with Gasteiger partial charge in [0.2, 0.25) is 5.91 Å². The van der Waals surface area contributed by atoms with Crippen molar-refractivity contribution >= 4 is 40.6 Å². The fourth-order valence-electron chi connectivity index (χ4n) is 4.25. The first-order valence-electron chi connectivity index (χ1n) is 11.9. The van der Waals surface area contributed by atoms with Gasteiger partial charge >= 0.3 is 6.03 Å². The zero-order chi connectivity index (χ0) is 25.7. The fraction of sp³-hybridized carbons (Fsp3) is 0.333. The maximum absolute atomic E-state index is 13.6. The van der Waals surface area contributed by atoms with Crippen molar-refractivity contribution in [2.45, 2.75) is 38.8 Å². The summed E-state index contributed by atoms with van der Waals surface area (Å²) in [7, 11) is 0. The van der Waals surface area contributed by atoms with Gasteiger partial charge in [-0.1, -0.05) is 30.7 Å². The monoisotopic (exact) mass is 529 g/mol. The Morgan fingerprint density at radius 1 is 1.25 bits per heavy atom. The summed E-state index contributed by atoms with van der Waals surface area (Å²) in [6, 6.07) is 14.0. The van der Waals surface area contributed by atoms with Gasteiger partial charge in [0.15, 0.2) is 0 Å². The van der Waals surface area contributed by atoms with Crippen molar-refractivity contribution in [3.63, 3.8) is 0 Å². The lowest BCUT2D eigenvalue weighted by Crippen LogP contribution is -2.50. The Bertz CT molecular complexity index is 1220. The Hall–Kier alpha value is -3.10. The zero-order valence-electron chi connectivity index (χ0n) is 20.2. The second kappa shape index (κ2) is 11.8. The number of nitrogens with one attached hydrogen (secondary N) is 1. The highest BCUT2D eigenvalue weighted by molar-refractivity contribution is 7.10. The van der Waals surface area contributed by atoms with Crippen molar-refractivity contribution < 1.29 is 18.7 Å². The molecule has 36 heavy (non-hydrogen) atoms. The van der Waals surface area contributed by atoms with Gasteiger partial charge in [0.1, 0.15) is 24.7 Å². The summed E-state index contributed by atoms with van der Waals surface area (Å²) in [5.74, 6) is -0.136.